The molecule has 1 aliphatic heterocycles. The van der Waals surface area contributed by atoms with Crippen molar-refractivity contribution in [1.29, 1.82) is 0 Å². The smallest absolute Gasteiger partial charge is 0.197 e. The fraction of sp³-hybridized carbons (Fsp3) is 0.0952. The van der Waals surface area contributed by atoms with E-state index in [1.807, 2.05) is 48.5 Å². The predicted octanol–water partition coefficient (Wildman–Crippen LogP) is 10.0. The Bertz CT molecular complexity index is 2170. The van der Waals surface area contributed by atoms with Gasteiger partial charge in [0.05, 0.1) is 16.9 Å². The molecule has 0 spiro atoms. The topological polar surface area (TPSA) is 37.4 Å². The van der Waals surface area contributed by atoms with Gasteiger partial charge in [0.1, 0.15) is 0 Å². The predicted molar refractivity (Wildman–Crippen MR) is 185 cm³/mol. The molecular formula is C42H31NO2. The first kappa shape index (κ1) is 27.0. The van der Waals surface area contributed by atoms with Crippen LogP contribution in [0.25, 0.3) is 39.1 Å². The number of Topliss-reactive ketones (excluding diaryl/α,β-unsaturated/α-hetero) is 2. The van der Waals surface area contributed by atoms with Gasteiger partial charge < -0.3 is 4.90 Å². The molecule has 0 saturated carbocycles. The highest BCUT2D eigenvalue weighted by Gasteiger charge is 2.39. The third-order valence-corrected chi connectivity index (χ3v) is 9.53. The number of para-hydroxylation sites is 1. The van der Waals surface area contributed by atoms with E-state index in [1.54, 1.807) is 6.08 Å². The summed E-state index contributed by atoms with van der Waals surface area (Å²) in [5, 5.41) is 1.91. The van der Waals surface area contributed by atoms with Gasteiger partial charge in [0.25, 0.3) is 0 Å². The van der Waals surface area contributed by atoms with Crippen molar-refractivity contribution in [2.24, 2.45) is 0 Å². The molecule has 1 aliphatic carbocycles. The van der Waals surface area contributed by atoms with E-state index >= 15 is 0 Å². The maximum Gasteiger partial charge on any atom is 0.197 e. The molecule has 0 amide bonds. The molecule has 3 nitrogen and oxygen atoms in total. The van der Waals surface area contributed by atoms with Gasteiger partial charge in [-0.3, -0.25) is 9.59 Å². The van der Waals surface area contributed by atoms with Crippen molar-refractivity contribution in [3.8, 4) is 22.3 Å². The summed E-state index contributed by atoms with van der Waals surface area (Å²) in [5.74, 6) is -0.428. The Hall–Kier alpha value is -5.54. The van der Waals surface area contributed by atoms with Crippen molar-refractivity contribution in [1.82, 2.24) is 0 Å². The number of rotatable bonds is 3. The number of nitrogens with zero attached hydrogens (tertiary/aromatic N) is 1. The molecular weight excluding hydrogens is 550 g/mol. The van der Waals surface area contributed by atoms with Gasteiger partial charge in [-0.15, -0.1) is 0 Å². The summed E-state index contributed by atoms with van der Waals surface area (Å²) in [6.45, 7) is 4.54. The van der Waals surface area contributed by atoms with Gasteiger partial charge in [-0.2, -0.15) is 0 Å². The second-order valence-electron chi connectivity index (χ2n) is 12.5. The zero-order chi connectivity index (χ0) is 30.9. The second kappa shape index (κ2) is 10.0. The highest BCUT2D eigenvalue weighted by molar-refractivity contribution is 6.42. The minimum Gasteiger partial charge on any atom is -0.343 e. The minimum absolute atomic E-state index is 0.214. The van der Waals surface area contributed by atoms with E-state index in [0.717, 1.165) is 38.7 Å². The zero-order valence-electron chi connectivity index (χ0n) is 25.5. The van der Waals surface area contributed by atoms with E-state index in [-0.39, 0.29) is 22.6 Å². The number of hydrogen-bond donors (Lipinski definition) is 0. The van der Waals surface area contributed by atoms with E-state index in [0.29, 0.717) is 11.1 Å². The SMILES string of the molecule is CN1c2c(-c3ccccc3)cccc2C(C)(C)c2cc(C=C3C(=O)c4cc5ccccc5cc4C3=O)cc(-c3ccccc3)c21. The van der Waals surface area contributed by atoms with Crippen LogP contribution in [-0.2, 0) is 5.41 Å². The first-order valence-electron chi connectivity index (χ1n) is 15.3. The molecule has 0 fully saturated rings. The van der Waals surface area contributed by atoms with Gasteiger partial charge in [0.2, 0.25) is 0 Å². The number of anilines is 2. The number of hydrogen-bond acceptors (Lipinski definition) is 3. The molecule has 6 aromatic rings. The average molecular weight is 582 g/mol. The van der Waals surface area contributed by atoms with E-state index in [1.165, 1.54) is 22.4 Å². The summed E-state index contributed by atoms with van der Waals surface area (Å²) < 4.78 is 0. The molecule has 0 N–H and O–H groups in total. The number of fused-ring (bicyclic) bond motifs is 4. The monoisotopic (exact) mass is 581 g/mol. The molecule has 0 unspecified atom stereocenters. The molecule has 0 atom stereocenters. The lowest BCUT2D eigenvalue weighted by Crippen LogP contribution is -2.32. The Kier molecular flexibility index (Phi) is 6.01. The molecule has 8 rings (SSSR count). The number of carbonyl (C=O) groups is 2. The minimum atomic E-state index is -0.357. The summed E-state index contributed by atoms with van der Waals surface area (Å²) in [5.41, 5.74) is 10.9. The fourth-order valence-corrected chi connectivity index (χ4v) is 7.24. The van der Waals surface area contributed by atoms with Crippen LogP contribution in [0.5, 0.6) is 0 Å². The highest BCUT2D eigenvalue weighted by atomic mass is 16.2. The Labute approximate surface area is 263 Å². The molecule has 216 valence electrons. The van der Waals surface area contributed by atoms with Gasteiger partial charge in [-0.25, -0.2) is 0 Å². The summed E-state index contributed by atoms with van der Waals surface area (Å²) in [7, 11) is 2.15. The van der Waals surface area contributed by atoms with Crippen molar-refractivity contribution in [2.75, 3.05) is 11.9 Å². The Morgan fingerprint density at radius 3 is 1.67 bits per heavy atom. The van der Waals surface area contributed by atoms with Crippen molar-refractivity contribution < 1.29 is 9.59 Å². The van der Waals surface area contributed by atoms with Crippen LogP contribution in [0.2, 0.25) is 0 Å². The molecule has 0 radical (unpaired) electrons. The molecule has 45 heavy (non-hydrogen) atoms. The number of ketones is 2. The van der Waals surface area contributed by atoms with Gasteiger partial charge in [-0.05, 0) is 68.9 Å². The van der Waals surface area contributed by atoms with Crippen LogP contribution in [0.4, 0.5) is 11.4 Å². The standard InChI is InChI=1S/C42H31NO2/c1-42(2)36-20-12-19-31(27-13-6-4-7-14-27)38(36)43(3)39-32(28-15-8-5-9-16-28)21-26(23-37(39)42)22-35-40(44)33-24-29-17-10-11-18-30(29)25-34(33)41(35)45/h4-25H,1-3H3. The van der Waals surface area contributed by atoms with Crippen LogP contribution in [0, 0.1) is 0 Å². The van der Waals surface area contributed by atoms with Crippen LogP contribution < -0.4 is 4.90 Å². The van der Waals surface area contributed by atoms with E-state index in [2.05, 4.69) is 105 Å². The van der Waals surface area contributed by atoms with Crippen LogP contribution in [0.15, 0.2) is 133 Å². The first-order chi connectivity index (χ1) is 21.8. The van der Waals surface area contributed by atoms with Crippen LogP contribution in [0.3, 0.4) is 0 Å². The molecule has 0 bridgehead atoms. The van der Waals surface area contributed by atoms with Crippen LogP contribution in [-0.4, -0.2) is 18.6 Å². The largest absolute Gasteiger partial charge is 0.343 e. The van der Waals surface area contributed by atoms with E-state index in [4.69, 9.17) is 0 Å². The quantitative estimate of drug-likeness (QED) is 0.154. The lowest BCUT2D eigenvalue weighted by Gasteiger charge is -2.43. The Morgan fingerprint density at radius 2 is 1.07 bits per heavy atom. The molecule has 1 heterocycles. The molecule has 3 heteroatoms. The maximum atomic E-state index is 13.7. The van der Waals surface area contributed by atoms with Gasteiger partial charge in [0.15, 0.2) is 11.6 Å². The van der Waals surface area contributed by atoms with E-state index in [9.17, 15) is 9.59 Å². The van der Waals surface area contributed by atoms with Crippen molar-refractivity contribution in [2.45, 2.75) is 19.3 Å². The third kappa shape index (κ3) is 4.12. The summed E-state index contributed by atoms with van der Waals surface area (Å²) in [6, 6.07) is 43.3. The summed E-state index contributed by atoms with van der Waals surface area (Å²) >= 11 is 0. The van der Waals surface area contributed by atoms with Crippen molar-refractivity contribution in [3.63, 3.8) is 0 Å². The van der Waals surface area contributed by atoms with E-state index < -0.39 is 0 Å². The van der Waals surface area contributed by atoms with Crippen molar-refractivity contribution >= 4 is 39.8 Å². The van der Waals surface area contributed by atoms with Gasteiger partial charge in [-0.1, -0.05) is 117 Å². The summed E-state index contributed by atoms with van der Waals surface area (Å²) in [4.78, 5) is 29.8. The lowest BCUT2D eigenvalue weighted by molar-refractivity contribution is 0.0990. The van der Waals surface area contributed by atoms with Gasteiger partial charge in [0, 0.05) is 34.7 Å². The van der Waals surface area contributed by atoms with Crippen molar-refractivity contribution in [3.05, 3.63) is 161 Å². The molecule has 6 aromatic carbocycles. The normalized spacial score (nSPS) is 14.7. The Balaban J connectivity index is 1.34. The molecule has 0 saturated heterocycles. The first-order valence-corrected chi connectivity index (χ1v) is 15.3. The molecule has 0 aromatic heterocycles. The third-order valence-electron chi connectivity index (χ3n) is 9.53. The fourth-order valence-electron chi connectivity index (χ4n) is 7.24. The lowest BCUT2D eigenvalue weighted by atomic mass is 9.71. The second-order valence-corrected chi connectivity index (χ2v) is 12.5. The van der Waals surface area contributed by atoms with Crippen LogP contribution >= 0.6 is 0 Å². The molecule has 2 aliphatic rings. The Morgan fingerprint density at radius 1 is 0.533 bits per heavy atom. The highest BCUT2D eigenvalue weighted by Crippen LogP contribution is 2.54. The maximum absolute atomic E-state index is 13.7. The summed E-state index contributed by atoms with van der Waals surface area (Å²) in [6.07, 6.45) is 1.80. The van der Waals surface area contributed by atoms with Crippen LogP contribution in [0.1, 0.15) is 51.3 Å². The van der Waals surface area contributed by atoms with Gasteiger partial charge >= 0.3 is 0 Å². The number of benzene rings is 6. The average Bonchev–Trinajstić information content (AvgIpc) is 3.30. The zero-order valence-corrected chi connectivity index (χ0v) is 25.5. The number of carbonyl (C=O) groups excluding carboxylic acids is 2. The number of allylic oxidation sites excluding steroid dienone is 1.